The summed E-state index contributed by atoms with van der Waals surface area (Å²) < 4.78 is 7.71. The molecule has 0 amide bonds. The molecule has 0 saturated heterocycles. The van der Waals surface area contributed by atoms with E-state index in [1.54, 1.807) is 6.20 Å². The van der Waals surface area contributed by atoms with Gasteiger partial charge in [-0.2, -0.15) is 0 Å². The van der Waals surface area contributed by atoms with Gasteiger partial charge in [0.25, 0.3) is 0 Å². The van der Waals surface area contributed by atoms with Crippen LogP contribution in [0.2, 0.25) is 0 Å². The Bertz CT molecular complexity index is 719. The van der Waals surface area contributed by atoms with Crippen LogP contribution < -0.4 is 5.32 Å². The van der Waals surface area contributed by atoms with E-state index in [0.29, 0.717) is 18.5 Å². The second kappa shape index (κ2) is 6.43. The van der Waals surface area contributed by atoms with Crippen LogP contribution in [0.4, 0.5) is 6.01 Å². The Morgan fingerprint density at radius 3 is 2.73 bits per heavy atom. The quantitative estimate of drug-likeness (QED) is 0.757. The molecule has 3 rings (SSSR count). The van der Waals surface area contributed by atoms with Gasteiger partial charge in [-0.15, -0.1) is 5.10 Å². The highest BCUT2D eigenvalue weighted by atomic mass is 16.4. The number of aryl methyl sites for hydroxylation is 1. The van der Waals surface area contributed by atoms with Crippen LogP contribution in [0.25, 0.3) is 0 Å². The average molecular weight is 297 g/mol. The summed E-state index contributed by atoms with van der Waals surface area (Å²) >= 11 is 0. The molecule has 0 aliphatic heterocycles. The summed E-state index contributed by atoms with van der Waals surface area (Å²) in [6.45, 7) is 2.66. The minimum absolute atomic E-state index is 0.123. The van der Waals surface area contributed by atoms with Crippen LogP contribution in [0.3, 0.4) is 0 Å². The van der Waals surface area contributed by atoms with E-state index in [9.17, 15) is 0 Å². The maximum absolute atomic E-state index is 5.76. The van der Waals surface area contributed by atoms with Crippen LogP contribution in [-0.4, -0.2) is 19.7 Å². The zero-order valence-electron chi connectivity index (χ0n) is 12.7. The molecule has 1 aromatic carbocycles. The van der Waals surface area contributed by atoms with E-state index < -0.39 is 0 Å². The molecule has 0 spiro atoms. The van der Waals surface area contributed by atoms with E-state index in [4.69, 9.17) is 4.42 Å². The van der Waals surface area contributed by atoms with Crippen LogP contribution in [0.1, 0.15) is 36.5 Å². The molecule has 1 N–H and O–H groups in total. The Hall–Kier alpha value is -2.63. The third-order valence-electron chi connectivity index (χ3n) is 3.67. The maximum atomic E-state index is 5.76. The summed E-state index contributed by atoms with van der Waals surface area (Å²) in [7, 11) is 1.95. The summed E-state index contributed by atoms with van der Waals surface area (Å²) in [5.74, 6) is 1.67. The van der Waals surface area contributed by atoms with Crippen LogP contribution in [-0.2, 0) is 13.6 Å². The number of hydrogen-bond acceptors (Lipinski definition) is 5. The minimum Gasteiger partial charge on any atom is -0.407 e. The first-order chi connectivity index (χ1) is 10.8. The van der Waals surface area contributed by atoms with Crippen molar-refractivity contribution in [1.82, 2.24) is 19.7 Å². The van der Waals surface area contributed by atoms with Gasteiger partial charge < -0.3 is 14.3 Å². The molecule has 2 aromatic heterocycles. The highest BCUT2D eigenvalue weighted by Crippen LogP contribution is 2.27. The van der Waals surface area contributed by atoms with Gasteiger partial charge in [0, 0.05) is 19.4 Å². The van der Waals surface area contributed by atoms with Crippen LogP contribution in [0.5, 0.6) is 0 Å². The smallest absolute Gasteiger partial charge is 0.315 e. The molecule has 0 radical (unpaired) electrons. The lowest BCUT2D eigenvalue weighted by atomic mass is 9.97. The fraction of sp³-hybridized carbons (Fsp3) is 0.312. The lowest BCUT2D eigenvalue weighted by Crippen LogP contribution is -2.05. The van der Waals surface area contributed by atoms with Gasteiger partial charge in [-0.05, 0) is 12.0 Å². The largest absolute Gasteiger partial charge is 0.407 e. The highest BCUT2D eigenvalue weighted by Gasteiger charge is 2.18. The minimum atomic E-state index is 0.123. The monoisotopic (exact) mass is 297 g/mol. The summed E-state index contributed by atoms with van der Waals surface area (Å²) in [6, 6.07) is 10.6. The lowest BCUT2D eigenvalue weighted by Gasteiger charge is -2.10. The molecular weight excluding hydrogens is 278 g/mol. The third kappa shape index (κ3) is 3.00. The van der Waals surface area contributed by atoms with Gasteiger partial charge in [0.1, 0.15) is 5.82 Å². The van der Waals surface area contributed by atoms with Gasteiger partial charge in [-0.3, -0.25) is 0 Å². The molecular formula is C16H19N5O. The highest BCUT2D eigenvalue weighted by molar-refractivity contribution is 5.26. The molecule has 1 atom stereocenters. The van der Waals surface area contributed by atoms with E-state index in [-0.39, 0.29) is 5.92 Å². The fourth-order valence-electron chi connectivity index (χ4n) is 2.41. The first kappa shape index (κ1) is 14.3. The van der Waals surface area contributed by atoms with Gasteiger partial charge in [0.15, 0.2) is 0 Å². The van der Waals surface area contributed by atoms with Gasteiger partial charge in [-0.1, -0.05) is 42.4 Å². The number of hydrogen-bond donors (Lipinski definition) is 1. The molecule has 3 aromatic rings. The lowest BCUT2D eigenvalue weighted by molar-refractivity contribution is 0.473. The molecule has 0 fully saturated rings. The number of rotatable bonds is 6. The Labute approximate surface area is 129 Å². The Balaban J connectivity index is 1.71. The van der Waals surface area contributed by atoms with E-state index in [0.717, 1.165) is 12.2 Å². The van der Waals surface area contributed by atoms with Crippen molar-refractivity contribution in [3.8, 4) is 0 Å². The first-order valence-electron chi connectivity index (χ1n) is 7.36. The Morgan fingerprint density at radius 2 is 2.05 bits per heavy atom. The molecule has 6 heteroatoms. The second-order valence-electron chi connectivity index (χ2n) is 5.12. The van der Waals surface area contributed by atoms with Gasteiger partial charge in [0.05, 0.1) is 12.5 Å². The van der Waals surface area contributed by atoms with Crippen LogP contribution in [0.15, 0.2) is 47.1 Å². The summed E-state index contributed by atoms with van der Waals surface area (Å²) in [4.78, 5) is 4.25. The average Bonchev–Trinajstić information content (AvgIpc) is 3.16. The number of nitrogens with one attached hydrogen (secondary N) is 1. The van der Waals surface area contributed by atoms with E-state index in [2.05, 4.69) is 39.6 Å². The molecule has 22 heavy (non-hydrogen) atoms. The fourth-order valence-corrected chi connectivity index (χ4v) is 2.41. The van der Waals surface area contributed by atoms with Crippen molar-refractivity contribution < 1.29 is 4.42 Å². The molecule has 0 saturated carbocycles. The predicted molar refractivity (Wildman–Crippen MR) is 83.4 cm³/mol. The van der Waals surface area contributed by atoms with Crippen molar-refractivity contribution in [3.05, 3.63) is 60.0 Å². The van der Waals surface area contributed by atoms with E-state index in [1.165, 1.54) is 5.56 Å². The summed E-state index contributed by atoms with van der Waals surface area (Å²) in [6.07, 6.45) is 4.57. The number of benzene rings is 1. The van der Waals surface area contributed by atoms with Crippen molar-refractivity contribution in [2.24, 2.45) is 7.05 Å². The van der Waals surface area contributed by atoms with Crippen molar-refractivity contribution in [2.75, 3.05) is 5.32 Å². The summed E-state index contributed by atoms with van der Waals surface area (Å²) in [5.41, 5.74) is 1.18. The van der Waals surface area contributed by atoms with Crippen molar-refractivity contribution >= 4 is 6.01 Å². The number of imidazole rings is 1. The van der Waals surface area contributed by atoms with E-state index >= 15 is 0 Å². The number of anilines is 1. The van der Waals surface area contributed by atoms with Crippen molar-refractivity contribution in [2.45, 2.75) is 25.8 Å². The van der Waals surface area contributed by atoms with Gasteiger partial charge in [-0.25, -0.2) is 4.98 Å². The Kier molecular flexibility index (Phi) is 4.18. The normalized spacial score (nSPS) is 12.3. The second-order valence-corrected chi connectivity index (χ2v) is 5.12. The molecule has 0 bridgehead atoms. The van der Waals surface area contributed by atoms with Crippen LogP contribution in [0, 0.1) is 0 Å². The molecule has 0 aliphatic rings. The third-order valence-corrected chi connectivity index (χ3v) is 3.67. The number of aromatic nitrogens is 4. The summed E-state index contributed by atoms with van der Waals surface area (Å²) in [5, 5.41) is 11.4. The van der Waals surface area contributed by atoms with Crippen molar-refractivity contribution in [3.63, 3.8) is 0 Å². The Morgan fingerprint density at radius 1 is 1.23 bits per heavy atom. The molecule has 6 nitrogen and oxygen atoms in total. The topological polar surface area (TPSA) is 68.8 Å². The SMILES string of the molecule is CCC(c1ccccc1)c1nnc(NCc2nccn2C)o1. The number of nitrogens with zero attached hydrogens (tertiary/aromatic N) is 4. The molecule has 0 aliphatic carbocycles. The molecule has 2 heterocycles. The molecule has 114 valence electrons. The standard InChI is InChI=1S/C16H19N5O/c1-3-13(12-7-5-4-6-8-12)15-19-20-16(22-15)18-11-14-17-9-10-21(14)2/h4-10,13H,3,11H2,1-2H3,(H,18,20). The zero-order chi connectivity index (χ0) is 15.4. The van der Waals surface area contributed by atoms with Crippen molar-refractivity contribution in [1.29, 1.82) is 0 Å². The zero-order valence-corrected chi connectivity index (χ0v) is 12.7. The van der Waals surface area contributed by atoms with Crippen LogP contribution >= 0.6 is 0 Å². The van der Waals surface area contributed by atoms with Gasteiger partial charge >= 0.3 is 6.01 Å². The first-order valence-corrected chi connectivity index (χ1v) is 7.36. The maximum Gasteiger partial charge on any atom is 0.315 e. The van der Waals surface area contributed by atoms with E-state index in [1.807, 2.05) is 36.0 Å². The molecule has 1 unspecified atom stereocenters. The van der Waals surface area contributed by atoms with Gasteiger partial charge in [0.2, 0.25) is 5.89 Å². The predicted octanol–water partition coefficient (Wildman–Crippen LogP) is 2.96.